The molecule has 6 nitrogen and oxygen atoms in total. The summed E-state index contributed by atoms with van der Waals surface area (Å²) in [6, 6.07) is 21.7. The second-order valence-electron chi connectivity index (χ2n) is 5.80. The lowest BCUT2D eigenvalue weighted by Gasteiger charge is -2.20. The van der Waals surface area contributed by atoms with Gasteiger partial charge >= 0.3 is 7.94 Å². The van der Waals surface area contributed by atoms with Gasteiger partial charge in [0.25, 0.3) is 0 Å². The quantitative estimate of drug-likeness (QED) is 0.373. The topological polar surface area (TPSA) is 55.4 Å². The van der Waals surface area contributed by atoms with Crippen molar-refractivity contribution in [3.63, 3.8) is 0 Å². The first-order valence-electron chi connectivity index (χ1n) is 8.64. The van der Waals surface area contributed by atoms with Crippen LogP contribution in [0.25, 0.3) is 0 Å². The van der Waals surface area contributed by atoms with Crippen LogP contribution in [0.15, 0.2) is 72.8 Å². The third-order valence-corrected chi connectivity index (χ3v) is 7.21. The molecule has 0 saturated heterocycles. The standard InChI is InChI=1S/C21H21BrO6P/c1-23-16-4-8-19(9-5-16)26-29(28-22,21-14-12-18(25-3)13-15-21)27-20-10-6-17(24-2)7-11-20/h4-15H,1-3H3/q+1. The van der Waals surface area contributed by atoms with E-state index in [-0.39, 0.29) is 0 Å². The summed E-state index contributed by atoms with van der Waals surface area (Å²) in [5, 5.41) is 0.724. The molecule has 3 aromatic carbocycles. The highest BCUT2D eigenvalue weighted by atomic mass is 79.9. The van der Waals surface area contributed by atoms with E-state index >= 15 is 0 Å². The van der Waals surface area contributed by atoms with E-state index in [1.807, 2.05) is 24.3 Å². The van der Waals surface area contributed by atoms with Crippen LogP contribution in [0.5, 0.6) is 28.7 Å². The zero-order valence-corrected chi connectivity index (χ0v) is 18.7. The lowest BCUT2D eigenvalue weighted by molar-refractivity contribution is 0.392. The van der Waals surface area contributed by atoms with Gasteiger partial charge in [0.2, 0.25) is 5.30 Å². The summed E-state index contributed by atoms with van der Waals surface area (Å²) in [7, 11) is 1.76. The molecule has 3 rings (SSSR count). The van der Waals surface area contributed by atoms with Gasteiger partial charge in [-0.1, -0.05) is 3.62 Å². The smallest absolute Gasteiger partial charge is 0.497 e. The highest BCUT2D eigenvalue weighted by Crippen LogP contribution is 2.61. The lowest BCUT2D eigenvalue weighted by Crippen LogP contribution is -2.21. The first-order valence-corrected chi connectivity index (χ1v) is 10.8. The maximum absolute atomic E-state index is 6.26. The second-order valence-corrected chi connectivity index (χ2v) is 8.68. The van der Waals surface area contributed by atoms with Gasteiger partial charge in [0, 0.05) is 0 Å². The molecule has 0 aliphatic rings. The van der Waals surface area contributed by atoms with Gasteiger partial charge in [-0.25, -0.2) is 0 Å². The van der Waals surface area contributed by atoms with E-state index in [0.29, 0.717) is 11.5 Å². The number of ether oxygens (including phenoxy) is 3. The Bertz CT molecular complexity index is 850. The van der Waals surface area contributed by atoms with Crippen molar-refractivity contribution in [2.45, 2.75) is 0 Å². The fraction of sp³-hybridized carbons (Fsp3) is 0.143. The Morgan fingerprint density at radius 3 is 1.14 bits per heavy atom. The molecule has 0 bridgehead atoms. The van der Waals surface area contributed by atoms with E-state index < -0.39 is 7.94 Å². The predicted molar refractivity (Wildman–Crippen MR) is 117 cm³/mol. The van der Waals surface area contributed by atoms with Crippen molar-refractivity contribution >= 4 is 29.5 Å². The molecule has 0 unspecified atom stereocenters. The molecule has 8 heteroatoms. The van der Waals surface area contributed by atoms with Crippen LogP contribution in [-0.4, -0.2) is 21.3 Å². The highest BCUT2D eigenvalue weighted by Gasteiger charge is 2.52. The number of methoxy groups -OCH3 is 3. The summed E-state index contributed by atoms with van der Waals surface area (Å²) in [5.41, 5.74) is 0. The fourth-order valence-corrected chi connectivity index (χ4v) is 5.06. The molecule has 0 aliphatic carbocycles. The zero-order chi connectivity index (χ0) is 20.7. The van der Waals surface area contributed by atoms with Gasteiger partial charge < -0.3 is 14.2 Å². The Labute approximate surface area is 179 Å². The van der Waals surface area contributed by atoms with E-state index in [4.69, 9.17) is 26.9 Å². The Morgan fingerprint density at radius 2 is 0.828 bits per heavy atom. The van der Waals surface area contributed by atoms with Gasteiger partial charge in [0.05, 0.1) is 21.3 Å². The molecule has 0 radical (unpaired) electrons. The normalized spacial score (nSPS) is 10.9. The van der Waals surface area contributed by atoms with E-state index in [2.05, 4.69) is 16.3 Å². The fourth-order valence-electron chi connectivity index (χ4n) is 2.51. The third-order valence-electron chi connectivity index (χ3n) is 4.05. The van der Waals surface area contributed by atoms with Gasteiger partial charge in [0.1, 0.15) is 17.2 Å². The number of benzene rings is 3. The molecule has 0 fully saturated rings. The maximum Gasteiger partial charge on any atom is 0.547 e. The first-order chi connectivity index (χ1) is 14.1. The van der Waals surface area contributed by atoms with Crippen molar-refractivity contribution in [1.82, 2.24) is 0 Å². The van der Waals surface area contributed by atoms with Crippen LogP contribution < -0.4 is 28.6 Å². The van der Waals surface area contributed by atoms with Crippen LogP contribution in [0, 0.1) is 0 Å². The molecule has 0 spiro atoms. The van der Waals surface area contributed by atoms with Gasteiger partial charge in [-0.3, -0.25) is 9.05 Å². The maximum atomic E-state index is 6.26. The molecule has 0 atom stereocenters. The van der Waals surface area contributed by atoms with E-state index in [9.17, 15) is 0 Å². The molecule has 0 aliphatic heterocycles. The van der Waals surface area contributed by atoms with Crippen molar-refractivity contribution in [1.29, 1.82) is 0 Å². The minimum atomic E-state index is -3.07. The Kier molecular flexibility index (Phi) is 7.20. The van der Waals surface area contributed by atoms with Crippen LogP contribution in [-0.2, 0) is 3.62 Å². The van der Waals surface area contributed by atoms with Crippen molar-refractivity contribution < 1.29 is 26.9 Å². The minimum absolute atomic E-state index is 0.572. The Hall–Kier alpha value is -2.47. The molecule has 0 N–H and O–H groups in total. The molecule has 29 heavy (non-hydrogen) atoms. The number of halogens is 1. The minimum Gasteiger partial charge on any atom is -0.497 e. The summed E-state index contributed by atoms with van der Waals surface area (Å²) < 4.78 is 33.9. The summed E-state index contributed by atoms with van der Waals surface area (Å²) in [5.74, 6) is 3.31. The molecule has 0 heterocycles. The molecule has 152 valence electrons. The van der Waals surface area contributed by atoms with Crippen LogP contribution in [0.3, 0.4) is 0 Å². The number of rotatable bonds is 9. The first kappa shape index (κ1) is 21.2. The molecule has 0 amide bonds. The van der Waals surface area contributed by atoms with Gasteiger partial charge in [0.15, 0.2) is 27.8 Å². The predicted octanol–water partition coefficient (Wildman–Crippen LogP) is 5.58. The molecule has 0 aromatic heterocycles. The largest absolute Gasteiger partial charge is 0.547 e. The molecule has 0 saturated carbocycles. The lowest BCUT2D eigenvalue weighted by atomic mass is 10.3. The van der Waals surface area contributed by atoms with E-state index in [0.717, 1.165) is 22.6 Å². The Morgan fingerprint density at radius 1 is 0.517 bits per heavy atom. The van der Waals surface area contributed by atoms with Gasteiger partial charge in [-0.2, -0.15) is 0 Å². The van der Waals surface area contributed by atoms with Crippen molar-refractivity contribution in [3.8, 4) is 28.7 Å². The molecular weight excluding hydrogens is 459 g/mol. The molecular formula is C21H21BrO6P+. The van der Waals surface area contributed by atoms with Crippen LogP contribution in [0.1, 0.15) is 0 Å². The summed E-state index contributed by atoms with van der Waals surface area (Å²) in [6.07, 6.45) is 0. The van der Waals surface area contributed by atoms with Crippen molar-refractivity contribution in [3.05, 3.63) is 72.8 Å². The van der Waals surface area contributed by atoms with Crippen LogP contribution in [0.4, 0.5) is 0 Å². The summed E-state index contributed by atoms with van der Waals surface area (Å²) in [4.78, 5) is 0. The van der Waals surface area contributed by atoms with Crippen molar-refractivity contribution in [2.75, 3.05) is 21.3 Å². The summed E-state index contributed by atoms with van der Waals surface area (Å²) in [6.45, 7) is 0. The average molecular weight is 480 g/mol. The van der Waals surface area contributed by atoms with Gasteiger partial charge in [-0.05, 0) is 72.8 Å². The van der Waals surface area contributed by atoms with Crippen molar-refractivity contribution in [2.24, 2.45) is 0 Å². The SMILES string of the molecule is COc1ccc(O[P+](OBr)(Oc2ccc(OC)cc2)c2ccc(OC)cc2)cc1. The van der Waals surface area contributed by atoms with Crippen LogP contribution in [0.2, 0.25) is 0 Å². The van der Waals surface area contributed by atoms with E-state index in [1.54, 1.807) is 69.9 Å². The van der Waals surface area contributed by atoms with Crippen LogP contribution >= 0.6 is 24.2 Å². The number of hydrogen-bond acceptors (Lipinski definition) is 6. The Balaban J connectivity index is 1.98. The van der Waals surface area contributed by atoms with Gasteiger partial charge in [-0.15, -0.1) is 0 Å². The van der Waals surface area contributed by atoms with E-state index in [1.165, 1.54) is 0 Å². The third kappa shape index (κ3) is 5.12. The monoisotopic (exact) mass is 479 g/mol. The molecule has 3 aromatic rings. The number of hydrogen-bond donors (Lipinski definition) is 0. The summed E-state index contributed by atoms with van der Waals surface area (Å²) >= 11 is 3.14. The second kappa shape index (κ2) is 9.83. The zero-order valence-electron chi connectivity index (χ0n) is 16.2. The highest BCUT2D eigenvalue weighted by molar-refractivity contribution is 9.06. The average Bonchev–Trinajstić information content (AvgIpc) is 2.79.